The lowest BCUT2D eigenvalue weighted by molar-refractivity contribution is -0.200. The molecule has 0 radical (unpaired) electrons. The van der Waals surface area contributed by atoms with E-state index >= 15 is 0 Å². The van der Waals surface area contributed by atoms with Crippen LogP contribution in [-0.4, -0.2) is 38.5 Å². The summed E-state index contributed by atoms with van der Waals surface area (Å²) in [7, 11) is 1.51. The second-order valence-corrected chi connectivity index (χ2v) is 1.64. The van der Waals surface area contributed by atoms with Gasteiger partial charge in [-0.2, -0.15) is 0 Å². The maximum Gasteiger partial charge on any atom is 0.183 e. The van der Waals surface area contributed by atoms with Crippen molar-refractivity contribution < 1.29 is 19.3 Å². The topological polar surface area (TPSA) is 47.9 Å². The van der Waals surface area contributed by atoms with Crippen LogP contribution in [0.4, 0.5) is 0 Å². The van der Waals surface area contributed by atoms with Crippen LogP contribution in [0.5, 0.6) is 0 Å². The molecule has 0 rings (SSSR count). The summed E-state index contributed by atoms with van der Waals surface area (Å²) in [6, 6.07) is 0. The van der Waals surface area contributed by atoms with Crippen LogP contribution in [0.1, 0.15) is 6.92 Å². The lowest BCUT2D eigenvalue weighted by atomic mass is 10.7. The predicted molar refractivity (Wildman–Crippen MR) is 35.5 cm³/mol. The molecule has 0 fully saturated rings. The van der Waals surface area contributed by atoms with Crippen LogP contribution >= 0.6 is 0 Å². The minimum absolute atomic E-state index is 0.142. The molecule has 62 valence electrons. The van der Waals surface area contributed by atoms with E-state index in [0.717, 1.165) is 0 Å². The van der Waals surface area contributed by atoms with E-state index in [2.05, 4.69) is 4.74 Å². The Kier molecular flexibility index (Phi) is 6.84. The van der Waals surface area contributed by atoms with Gasteiger partial charge in [-0.1, -0.05) is 0 Å². The zero-order valence-corrected chi connectivity index (χ0v) is 6.37. The van der Waals surface area contributed by atoms with Gasteiger partial charge in [0.1, 0.15) is 6.79 Å². The monoisotopic (exact) mass is 150 g/mol. The third kappa shape index (κ3) is 4.69. The third-order valence-corrected chi connectivity index (χ3v) is 0.873. The fraction of sp³-hybridized carbons (Fsp3) is 1.00. The minimum atomic E-state index is -0.551. The maximum atomic E-state index is 8.58. The highest BCUT2D eigenvalue weighted by molar-refractivity contribution is 4.35. The van der Waals surface area contributed by atoms with Crippen LogP contribution in [0, 0.1) is 0 Å². The highest BCUT2D eigenvalue weighted by atomic mass is 16.7. The molecule has 0 aromatic carbocycles. The highest BCUT2D eigenvalue weighted by Gasteiger charge is 2.04. The number of hydrogen-bond donors (Lipinski definition) is 1. The summed E-state index contributed by atoms with van der Waals surface area (Å²) in [6.45, 7) is 2.36. The molecule has 4 nitrogen and oxygen atoms in total. The van der Waals surface area contributed by atoms with Gasteiger partial charge < -0.3 is 19.3 Å². The van der Waals surface area contributed by atoms with Gasteiger partial charge in [0.2, 0.25) is 0 Å². The fourth-order valence-electron chi connectivity index (χ4n) is 0.483. The third-order valence-electron chi connectivity index (χ3n) is 0.873. The Bertz CT molecular complexity index is 66.8. The van der Waals surface area contributed by atoms with Gasteiger partial charge in [0.25, 0.3) is 0 Å². The Morgan fingerprint density at radius 2 is 2.10 bits per heavy atom. The molecule has 0 aliphatic carbocycles. The van der Waals surface area contributed by atoms with Gasteiger partial charge in [-0.15, -0.1) is 0 Å². The Morgan fingerprint density at radius 3 is 2.50 bits per heavy atom. The van der Waals surface area contributed by atoms with Crippen LogP contribution in [0.2, 0.25) is 0 Å². The number of aliphatic hydroxyl groups excluding tert-OH is 1. The summed E-state index contributed by atoms with van der Waals surface area (Å²) in [5, 5.41) is 8.58. The van der Waals surface area contributed by atoms with Crippen molar-refractivity contribution in [2.75, 3.05) is 27.1 Å². The summed E-state index contributed by atoms with van der Waals surface area (Å²) in [4.78, 5) is 0. The fourth-order valence-corrected chi connectivity index (χ4v) is 0.483. The molecule has 0 heterocycles. The standard InChI is InChI=1S/C6H14O4/c1-3-9-6(4-7)10-5-8-2/h6-7H,3-5H2,1-2H3. The molecule has 1 atom stereocenters. The molecular weight excluding hydrogens is 136 g/mol. The smallest absolute Gasteiger partial charge is 0.183 e. The first-order valence-corrected chi connectivity index (χ1v) is 3.18. The van der Waals surface area contributed by atoms with Gasteiger partial charge in [0.05, 0.1) is 6.61 Å². The van der Waals surface area contributed by atoms with Gasteiger partial charge in [0, 0.05) is 13.7 Å². The van der Waals surface area contributed by atoms with Crippen molar-refractivity contribution >= 4 is 0 Å². The number of rotatable bonds is 6. The van der Waals surface area contributed by atoms with E-state index < -0.39 is 6.29 Å². The summed E-state index contributed by atoms with van der Waals surface area (Å²) < 4.78 is 14.4. The van der Waals surface area contributed by atoms with Crippen molar-refractivity contribution in [2.24, 2.45) is 0 Å². The second kappa shape index (κ2) is 6.95. The molecule has 0 aromatic rings. The van der Waals surface area contributed by atoms with Crippen molar-refractivity contribution in [3.8, 4) is 0 Å². The predicted octanol–water partition coefficient (Wildman–Crippen LogP) is -0.0382. The van der Waals surface area contributed by atoms with Crippen LogP contribution in [-0.2, 0) is 14.2 Å². The Balaban J connectivity index is 3.21. The minimum Gasteiger partial charge on any atom is -0.391 e. The number of aliphatic hydroxyl groups is 1. The van der Waals surface area contributed by atoms with Gasteiger partial charge in [-0.05, 0) is 6.92 Å². The van der Waals surface area contributed by atoms with Crippen molar-refractivity contribution in [3.05, 3.63) is 0 Å². The molecule has 0 saturated heterocycles. The molecule has 4 heteroatoms. The zero-order valence-electron chi connectivity index (χ0n) is 6.37. The molecule has 1 unspecified atom stereocenters. The van der Waals surface area contributed by atoms with Crippen molar-refractivity contribution in [2.45, 2.75) is 13.2 Å². The second-order valence-electron chi connectivity index (χ2n) is 1.64. The van der Waals surface area contributed by atoms with E-state index in [1.807, 2.05) is 6.92 Å². The molecule has 1 N–H and O–H groups in total. The average Bonchev–Trinajstić information content (AvgIpc) is 1.98. The maximum absolute atomic E-state index is 8.58. The molecule has 0 bridgehead atoms. The molecule has 0 saturated carbocycles. The Hall–Kier alpha value is -0.160. The van der Waals surface area contributed by atoms with Crippen molar-refractivity contribution in [1.29, 1.82) is 0 Å². The average molecular weight is 150 g/mol. The molecule has 0 amide bonds. The zero-order chi connectivity index (χ0) is 7.82. The number of methoxy groups -OCH3 is 1. The summed E-state index contributed by atoms with van der Waals surface area (Å²) in [6.07, 6.45) is -0.551. The summed E-state index contributed by atoms with van der Waals surface area (Å²) in [5.41, 5.74) is 0. The van der Waals surface area contributed by atoms with Crippen LogP contribution in [0.25, 0.3) is 0 Å². The molecule has 0 aromatic heterocycles. The Morgan fingerprint density at radius 1 is 1.40 bits per heavy atom. The summed E-state index contributed by atoms with van der Waals surface area (Å²) >= 11 is 0. The largest absolute Gasteiger partial charge is 0.391 e. The SMILES string of the molecule is CCOC(CO)OCOC. The molecule has 0 aliphatic heterocycles. The molecule has 0 spiro atoms. The van der Waals surface area contributed by atoms with E-state index in [9.17, 15) is 0 Å². The lowest BCUT2D eigenvalue weighted by Crippen LogP contribution is -2.22. The van der Waals surface area contributed by atoms with Crippen molar-refractivity contribution in [3.63, 3.8) is 0 Å². The van der Waals surface area contributed by atoms with Gasteiger partial charge in [0.15, 0.2) is 6.29 Å². The van der Waals surface area contributed by atoms with Gasteiger partial charge in [-0.3, -0.25) is 0 Å². The first-order chi connectivity index (χ1) is 4.85. The summed E-state index contributed by atoms with van der Waals surface area (Å²) in [5.74, 6) is 0. The number of hydrogen-bond acceptors (Lipinski definition) is 4. The quantitative estimate of drug-likeness (QED) is 0.540. The normalized spacial score (nSPS) is 13.5. The van der Waals surface area contributed by atoms with E-state index in [-0.39, 0.29) is 13.4 Å². The molecule has 10 heavy (non-hydrogen) atoms. The Labute approximate surface area is 60.7 Å². The first-order valence-electron chi connectivity index (χ1n) is 3.18. The van der Waals surface area contributed by atoms with Crippen LogP contribution < -0.4 is 0 Å². The van der Waals surface area contributed by atoms with E-state index in [0.29, 0.717) is 6.61 Å². The molecule has 0 aliphatic rings. The van der Waals surface area contributed by atoms with Crippen LogP contribution in [0.15, 0.2) is 0 Å². The van der Waals surface area contributed by atoms with Gasteiger partial charge >= 0.3 is 0 Å². The van der Waals surface area contributed by atoms with E-state index in [4.69, 9.17) is 14.6 Å². The molecular formula is C6H14O4. The van der Waals surface area contributed by atoms with Gasteiger partial charge in [-0.25, -0.2) is 0 Å². The lowest BCUT2D eigenvalue weighted by Gasteiger charge is -2.13. The number of ether oxygens (including phenoxy) is 3. The highest BCUT2D eigenvalue weighted by Crippen LogP contribution is 1.92. The van der Waals surface area contributed by atoms with Crippen LogP contribution in [0.3, 0.4) is 0 Å². The van der Waals surface area contributed by atoms with E-state index in [1.165, 1.54) is 7.11 Å². The first kappa shape index (κ1) is 9.84. The van der Waals surface area contributed by atoms with E-state index in [1.54, 1.807) is 0 Å². The van der Waals surface area contributed by atoms with Crippen molar-refractivity contribution in [1.82, 2.24) is 0 Å².